The first-order valence-corrected chi connectivity index (χ1v) is 8.61. The van der Waals surface area contributed by atoms with E-state index in [1.165, 1.54) is 11.1 Å². The monoisotopic (exact) mass is 334 g/mol. The summed E-state index contributed by atoms with van der Waals surface area (Å²) < 4.78 is 7.94. The van der Waals surface area contributed by atoms with E-state index in [1.807, 2.05) is 29.9 Å². The van der Waals surface area contributed by atoms with Gasteiger partial charge in [-0.25, -0.2) is 0 Å². The molecule has 3 heterocycles. The number of nitrogens with one attached hydrogen (secondary N) is 1. The summed E-state index contributed by atoms with van der Waals surface area (Å²) in [5.74, 6) is 1.41. The molecule has 2 atom stereocenters. The number of nitrogens with zero attached hydrogens (tertiary/aromatic N) is 3. The molecule has 1 aliphatic rings. The predicted octanol–water partition coefficient (Wildman–Crippen LogP) is 3.14. The molecule has 25 heavy (non-hydrogen) atoms. The van der Waals surface area contributed by atoms with Crippen molar-refractivity contribution in [2.24, 2.45) is 7.05 Å². The van der Waals surface area contributed by atoms with Gasteiger partial charge in [0, 0.05) is 61.3 Å². The Balaban J connectivity index is 1.42. The quantitative estimate of drug-likeness (QED) is 0.779. The number of para-hydroxylation sites is 1. The summed E-state index contributed by atoms with van der Waals surface area (Å²) in [6.45, 7) is 3.79. The van der Waals surface area contributed by atoms with Gasteiger partial charge in [0.15, 0.2) is 0 Å². The van der Waals surface area contributed by atoms with E-state index in [-0.39, 0.29) is 6.10 Å². The Kier molecular flexibility index (Phi) is 4.24. The summed E-state index contributed by atoms with van der Waals surface area (Å²) in [5.41, 5.74) is 4.57. The third-order valence-electron chi connectivity index (χ3n) is 4.76. The van der Waals surface area contributed by atoms with Crippen LogP contribution in [-0.4, -0.2) is 27.4 Å². The lowest BCUT2D eigenvalue weighted by atomic mass is 9.97. The van der Waals surface area contributed by atoms with Gasteiger partial charge in [-0.15, -0.1) is 0 Å². The summed E-state index contributed by atoms with van der Waals surface area (Å²) in [7, 11) is 1.95. The first-order valence-electron chi connectivity index (χ1n) is 8.61. The lowest BCUT2D eigenvalue weighted by Crippen LogP contribution is -2.31. The molecule has 1 N–H and O–H groups in total. The zero-order valence-electron chi connectivity index (χ0n) is 14.5. The largest absolute Gasteiger partial charge is 0.488 e. The normalized spacial score (nSPS) is 18.8. The molecule has 0 radical (unpaired) electrons. The van der Waals surface area contributed by atoms with Crippen molar-refractivity contribution >= 4 is 0 Å². The molecule has 128 valence electrons. The van der Waals surface area contributed by atoms with E-state index in [2.05, 4.69) is 46.7 Å². The molecule has 2 aromatic heterocycles. The van der Waals surface area contributed by atoms with Gasteiger partial charge in [0.05, 0.1) is 5.69 Å². The van der Waals surface area contributed by atoms with Crippen LogP contribution < -0.4 is 10.1 Å². The zero-order valence-corrected chi connectivity index (χ0v) is 14.5. The summed E-state index contributed by atoms with van der Waals surface area (Å²) in [5, 5.41) is 8.13. The van der Waals surface area contributed by atoms with Gasteiger partial charge in [0.25, 0.3) is 0 Å². The second kappa shape index (κ2) is 6.69. The summed E-state index contributed by atoms with van der Waals surface area (Å²) >= 11 is 0. The highest BCUT2D eigenvalue weighted by atomic mass is 16.5. The average Bonchev–Trinajstić information content (AvgIpc) is 3.16. The van der Waals surface area contributed by atoms with E-state index in [1.54, 1.807) is 12.4 Å². The van der Waals surface area contributed by atoms with Gasteiger partial charge in [-0.1, -0.05) is 25.1 Å². The molecular weight excluding hydrogens is 312 g/mol. The lowest BCUT2D eigenvalue weighted by molar-refractivity contribution is 0.206. The van der Waals surface area contributed by atoms with Crippen LogP contribution in [0.5, 0.6) is 5.75 Å². The highest BCUT2D eigenvalue weighted by Gasteiger charge is 2.30. The Morgan fingerprint density at radius 1 is 1.16 bits per heavy atom. The molecule has 0 unspecified atom stereocenters. The SMILES string of the molecule is C[C@@H]1c2ccccc2O[C@@H]1CNCc1cn(C)nc1-c1ccncc1. The summed E-state index contributed by atoms with van der Waals surface area (Å²) in [6.07, 6.45) is 5.83. The van der Waals surface area contributed by atoms with Gasteiger partial charge >= 0.3 is 0 Å². The van der Waals surface area contributed by atoms with Crippen molar-refractivity contribution in [1.82, 2.24) is 20.1 Å². The van der Waals surface area contributed by atoms with Crippen molar-refractivity contribution in [2.75, 3.05) is 6.54 Å². The molecule has 1 aromatic carbocycles. The third-order valence-corrected chi connectivity index (χ3v) is 4.76. The van der Waals surface area contributed by atoms with Crippen LogP contribution in [0.25, 0.3) is 11.3 Å². The van der Waals surface area contributed by atoms with Crippen molar-refractivity contribution in [3.8, 4) is 17.0 Å². The second-order valence-electron chi connectivity index (χ2n) is 6.53. The van der Waals surface area contributed by atoms with Crippen molar-refractivity contribution < 1.29 is 4.74 Å². The molecule has 0 saturated carbocycles. The van der Waals surface area contributed by atoms with Crippen LogP contribution in [0.3, 0.4) is 0 Å². The van der Waals surface area contributed by atoms with Crippen molar-refractivity contribution in [2.45, 2.75) is 25.5 Å². The van der Waals surface area contributed by atoms with Crippen molar-refractivity contribution in [1.29, 1.82) is 0 Å². The van der Waals surface area contributed by atoms with Crippen LogP contribution in [0.15, 0.2) is 55.0 Å². The Morgan fingerprint density at radius 3 is 2.76 bits per heavy atom. The summed E-state index contributed by atoms with van der Waals surface area (Å²) in [4.78, 5) is 4.08. The molecule has 1 aliphatic heterocycles. The Bertz CT molecular complexity index is 859. The van der Waals surface area contributed by atoms with Crippen LogP contribution in [0.4, 0.5) is 0 Å². The molecular formula is C20H22N4O. The Labute approximate surface area is 147 Å². The molecule has 0 saturated heterocycles. The number of hydrogen-bond donors (Lipinski definition) is 1. The minimum atomic E-state index is 0.165. The van der Waals surface area contributed by atoms with Crippen molar-refractivity contribution in [3.63, 3.8) is 0 Å². The van der Waals surface area contributed by atoms with E-state index < -0.39 is 0 Å². The number of aromatic nitrogens is 3. The molecule has 0 aliphatic carbocycles. The number of benzene rings is 1. The van der Waals surface area contributed by atoms with Gasteiger partial charge in [0.2, 0.25) is 0 Å². The zero-order chi connectivity index (χ0) is 17.2. The van der Waals surface area contributed by atoms with E-state index in [4.69, 9.17) is 4.74 Å². The smallest absolute Gasteiger partial charge is 0.123 e. The number of pyridine rings is 1. The fourth-order valence-corrected chi connectivity index (χ4v) is 3.42. The number of ether oxygens (including phenoxy) is 1. The number of aryl methyl sites for hydroxylation is 1. The highest BCUT2D eigenvalue weighted by molar-refractivity contribution is 5.61. The van der Waals surface area contributed by atoms with Crippen LogP contribution in [0.2, 0.25) is 0 Å². The molecule has 0 spiro atoms. The highest BCUT2D eigenvalue weighted by Crippen LogP contribution is 2.37. The maximum absolute atomic E-state index is 6.09. The maximum Gasteiger partial charge on any atom is 0.123 e. The minimum Gasteiger partial charge on any atom is -0.488 e. The van der Waals surface area contributed by atoms with Crippen LogP contribution >= 0.6 is 0 Å². The average molecular weight is 334 g/mol. The van der Waals surface area contributed by atoms with Crippen LogP contribution in [0.1, 0.15) is 24.0 Å². The fourth-order valence-electron chi connectivity index (χ4n) is 3.42. The van der Waals surface area contributed by atoms with Gasteiger partial charge in [-0.05, 0) is 18.2 Å². The van der Waals surface area contributed by atoms with E-state index >= 15 is 0 Å². The Hall–Kier alpha value is -2.66. The minimum absolute atomic E-state index is 0.165. The number of fused-ring (bicyclic) bond motifs is 1. The van der Waals surface area contributed by atoms with E-state index in [0.717, 1.165) is 30.1 Å². The first kappa shape index (κ1) is 15.8. The van der Waals surface area contributed by atoms with E-state index in [9.17, 15) is 0 Å². The fraction of sp³-hybridized carbons (Fsp3) is 0.300. The molecule has 5 nitrogen and oxygen atoms in total. The Morgan fingerprint density at radius 2 is 1.96 bits per heavy atom. The molecule has 4 rings (SSSR count). The summed E-state index contributed by atoms with van der Waals surface area (Å²) in [6, 6.07) is 12.3. The third kappa shape index (κ3) is 3.15. The predicted molar refractivity (Wildman–Crippen MR) is 97.4 cm³/mol. The first-order chi connectivity index (χ1) is 12.2. The molecule has 0 fully saturated rings. The number of rotatable bonds is 5. The second-order valence-corrected chi connectivity index (χ2v) is 6.53. The van der Waals surface area contributed by atoms with Gasteiger partial charge in [-0.3, -0.25) is 9.67 Å². The number of hydrogen-bond acceptors (Lipinski definition) is 4. The van der Waals surface area contributed by atoms with E-state index in [0.29, 0.717) is 5.92 Å². The molecule has 0 amide bonds. The van der Waals surface area contributed by atoms with Gasteiger partial charge in [0.1, 0.15) is 11.9 Å². The molecule has 5 heteroatoms. The van der Waals surface area contributed by atoms with Crippen LogP contribution in [0, 0.1) is 0 Å². The lowest BCUT2D eigenvalue weighted by Gasteiger charge is -2.16. The van der Waals surface area contributed by atoms with Crippen molar-refractivity contribution in [3.05, 3.63) is 66.1 Å². The topological polar surface area (TPSA) is 52.0 Å². The van der Waals surface area contributed by atoms with Gasteiger partial charge < -0.3 is 10.1 Å². The molecule has 3 aromatic rings. The maximum atomic E-state index is 6.09. The standard InChI is InChI=1S/C20H22N4O/c1-14-17-5-3-4-6-18(17)25-19(14)12-22-11-16-13-24(2)23-20(16)15-7-9-21-10-8-15/h3-10,13-14,19,22H,11-12H2,1-2H3/t14-,19-/m1/s1. The van der Waals surface area contributed by atoms with Crippen LogP contribution in [-0.2, 0) is 13.6 Å². The van der Waals surface area contributed by atoms with Gasteiger partial charge in [-0.2, -0.15) is 5.10 Å². The molecule has 0 bridgehead atoms.